The molecule has 0 atom stereocenters. The highest BCUT2D eigenvalue weighted by Crippen LogP contribution is 2.46. The molecule has 2 aromatic carbocycles. The molecule has 0 bridgehead atoms. The molecule has 27 heavy (non-hydrogen) atoms. The first kappa shape index (κ1) is 17.5. The number of nitrogens with zero attached hydrogens (tertiary/aromatic N) is 2. The van der Waals surface area contributed by atoms with Crippen molar-refractivity contribution < 1.29 is 4.79 Å². The molecule has 1 amide bonds. The minimum Gasteiger partial charge on any atom is -0.347 e. The average molecular weight is 375 g/mol. The zero-order valence-electron chi connectivity index (χ0n) is 15.6. The van der Waals surface area contributed by atoms with E-state index in [0.717, 1.165) is 11.4 Å². The zero-order chi connectivity index (χ0) is 19.2. The first-order valence-electron chi connectivity index (χ1n) is 8.87. The van der Waals surface area contributed by atoms with Crippen LogP contribution in [0, 0.1) is 0 Å². The average Bonchev–Trinajstić information content (AvgIpc) is 3.05. The standard InChI is InChI=1S/C22H21N3OS/c1-22(2)16-11-7-8-12-18(16)24(3)19(22)14-13-17-20(26)25(21(27)23-17)15-9-5-4-6-10-15/h4-14H,1-3H3,(H,23,27)/b17-13+,19-14-. The second-order valence-electron chi connectivity index (χ2n) is 7.24. The SMILES string of the molecule is CN1/C(=C\C=C2\NC(=S)N(c3ccccc3)C2=O)C(C)(C)c2ccccc21. The number of allylic oxidation sites excluding steroid dienone is 3. The number of rotatable bonds is 2. The smallest absolute Gasteiger partial charge is 0.281 e. The lowest BCUT2D eigenvalue weighted by molar-refractivity contribution is -0.113. The van der Waals surface area contributed by atoms with Crippen LogP contribution in [0.15, 0.2) is 78.1 Å². The zero-order valence-corrected chi connectivity index (χ0v) is 16.4. The number of amides is 1. The van der Waals surface area contributed by atoms with E-state index in [1.165, 1.54) is 16.2 Å². The Balaban J connectivity index is 1.67. The molecule has 5 heteroatoms. The van der Waals surface area contributed by atoms with Crippen molar-refractivity contribution in [3.63, 3.8) is 0 Å². The number of hydrogen-bond acceptors (Lipinski definition) is 3. The van der Waals surface area contributed by atoms with E-state index in [2.05, 4.69) is 49.3 Å². The number of nitrogens with one attached hydrogen (secondary N) is 1. The van der Waals surface area contributed by atoms with Gasteiger partial charge in [-0.1, -0.05) is 50.2 Å². The minimum atomic E-state index is -0.140. The Morgan fingerprint density at radius 1 is 1.00 bits per heavy atom. The van der Waals surface area contributed by atoms with Crippen molar-refractivity contribution >= 4 is 34.6 Å². The van der Waals surface area contributed by atoms with E-state index in [1.807, 2.05) is 48.6 Å². The number of carbonyl (C=O) groups is 1. The summed E-state index contributed by atoms with van der Waals surface area (Å²) in [6.45, 7) is 4.40. The highest BCUT2D eigenvalue weighted by molar-refractivity contribution is 7.80. The largest absolute Gasteiger partial charge is 0.347 e. The van der Waals surface area contributed by atoms with Gasteiger partial charge in [-0.15, -0.1) is 0 Å². The molecule has 1 N–H and O–H groups in total. The quantitative estimate of drug-likeness (QED) is 0.633. The molecule has 0 aliphatic carbocycles. The Hall–Kier alpha value is -2.92. The van der Waals surface area contributed by atoms with Crippen LogP contribution >= 0.6 is 12.2 Å². The predicted octanol–water partition coefficient (Wildman–Crippen LogP) is 4.10. The van der Waals surface area contributed by atoms with Crippen molar-refractivity contribution in [2.24, 2.45) is 0 Å². The molecule has 0 unspecified atom stereocenters. The first-order chi connectivity index (χ1) is 12.9. The van der Waals surface area contributed by atoms with Crippen LogP contribution in [0.2, 0.25) is 0 Å². The molecule has 2 aromatic rings. The second kappa shape index (κ2) is 6.35. The summed E-state index contributed by atoms with van der Waals surface area (Å²) in [5.74, 6) is -0.140. The van der Waals surface area contributed by atoms with E-state index in [0.29, 0.717) is 10.8 Å². The highest BCUT2D eigenvalue weighted by atomic mass is 32.1. The summed E-state index contributed by atoms with van der Waals surface area (Å²) in [5.41, 5.74) is 4.72. The van der Waals surface area contributed by atoms with Gasteiger partial charge in [0.1, 0.15) is 5.70 Å². The number of thiocarbonyl (C=S) groups is 1. The third-order valence-electron chi connectivity index (χ3n) is 5.24. The van der Waals surface area contributed by atoms with E-state index in [-0.39, 0.29) is 11.3 Å². The van der Waals surface area contributed by atoms with E-state index in [4.69, 9.17) is 12.2 Å². The number of benzene rings is 2. The third-order valence-corrected chi connectivity index (χ3v) is 5.53. The predicted molar refractivity (Wildman–Crippen MR) is 114 cm³/mol. The van der Waals surface area contributed by atoms with Gasteiger partial charge in [0.15, 0.2) is 5.11 Å². The van der Waals surface area contributed by atoms with E-state index in [9.17, 15) is 4.79 Å². The number of para-hydroxylation sites is 2. The van der Waals surface area contributed by atoms with Gasteiger partial charge in [0.25, 0.3) is 5.91 Å². The van der Waals surface area contributed by atoms with Crippen LogP contribution in [-0.2, 0) is 10.2 Å². The third kappa shape index (κ3) is 2.75. The summed E-state index contributed by atoms with van der Waals surface area (Å²) < 4.78 is 0. The Kier molecular flexibility index (Phi) is 4.12. The van der Waals surface area contributed by atoms with Gasteiger partial charge in [0, 0.05) is 23.8 Å². The van der Waals surface area contributed by atoms with Crippen LogP contribution in [0.1, 0.15) is 19.4 Å². The van der Waals surface area contributed by atoms with Crippen molar-refractivity contribution in [1.29, 1.82) is 0 Å². The normalized spacial score (nSPS) is 21.1. The fourth-order valence-electron chi connectivity index (χ4n) is 3.83. The maximum atomic E-state index is 12.8. The molecular formula is C22H21N3OS. The highest BCUT2D eigenvalue weighted by Gasteiger charge is 2.38. The Bertz CT molecular complexity index is 992. The first-order valence-corrected chi connectivity index (χ1v) is 9.28. The number of carbonyl (C=O) groups excluding carboxylic acids is 1. The number of anilines is 2. The summed E-state index contributed by atoms with van der Waals surface area (Å²) >= 11 is 5.37. The summed E-state index contributed by atoms with van der Waals surface area (Å²) in [6, 6.07) is 17.8. The second-order valence-corrected chi connectivity index (χ2v) is 7.63. The van der Waals surface area contributed by atoms with Crippen LogP contribution in [0.25, 0.3) is 0 Å². The summed E-state index contributed by atoms with van der Waals surface area (Å²) in [6.07, 6.45) is 3.84. The summed E-state index contributed by atoms with van der Waals surface area (Å²) in [7, 11) is 2.06. The maximum Gasteiger partial charge on any atom is 0.281 e. The molecule has 2 heterocycles. The molecule has 0 spiro atoms. The Morgan fingerprint density at radius 3 is 2.37 bits per heavy atom. The van der Waals surface area contributed by atoms with Gasteiger partial charge >= 0.3 is 0 Å². The van der Waals surface area contributed by atoms with Crippen molar-refractivity contribution in [3.8, 4) is 0 Å². The van der Waals surface area contributed by atoms with Crippen molar-refractivity contribution in [2.75, 3.05) is 16.8 Å². The lowest BCUT2D eigenvalue weighted by Gasteiger charge is -2.23. The number of likely N-dealkylation sites (N-methyl/N-ethyl adjacent to an activating group) is 1. The van der Waals surface area contributed by atoms with E-state index >= 15 is 0 Å². The molecule has 2 aliphatic heterocycles. The maximum absolute atomic E-state index is 12.8. The van der Waals surface area contributed by atoms with E-state index in [1.54, 1.807) is 0 Å². The summed E-state index contributed by atoms with van der Waals surface area (Å²) in [4.78, 5) is 16.6. The molecule has 4 rings (SSSR count). The molecule has 136 valence electrons. The lowest BCUT2D eigenvalue weighted by Crippen LogP contribution is -2.30. The topological polar surface area (TPSA) is 35.6 Å². The lowest BCUT2D eigenvalue weighted by atomic mass is 9.84. The van der Waals surface area contributed by atoms with Gasteiger partial charge in [-0.25, -0.2) is 0 Å². The minimum absolute atomic E-state index is 0.135. The van der Waals surface area contributed by atoms with Gasteiger partial charge in [0.05, 0.1) is 5.69 Å². The van der Waals surface area contributed by atoms with Crippen LogP contribution in [-0.4, -0.2) is 18.1 Å². The van der Waals surface area contributed by atoms with Gasteiger partial charge in [-0.05, 0) is 48.1 Å². The summed E-state index contributed by atoms with van der Waals surface area (Å²) in [5, 5.41) is 3.45. The van der Waals surface area contributed by atoms with Crippen molar-refractivity contribution in [1.82, 2.24) is 5.32 Å². The molecule has 1 saturated heterocycles. The van der Waals surface area contributed by atoms with Crippen molar-refractivity contribution in [3.05, 3.63) is 83.7 Å². The van der Waals surface area contributed by atoms with Crippen LogP contribution in [0.4, 0.5) is 11.4 Å². The fourth-order valence-corrected chi connectivity index (χ4v) is 4.12. The fraction of sp³-hybridized carbons (Fsp3) is 0.182. The molecule has 0 radical (unpaired) electrons. The number of hydrogen-bond donors (Lipinski definition) is 1. The van der Waals surface area contributed by atoms with Crippen LogP contribution in [0.5, 0.6) is 0 Å². The van der Waals surface area contributed by atoms with Crippen molar-refractivity contribution in [2.45, 2.75) is 19.3 Å². The van der Waals surface area contributed by atoms with Gasteiger partial charge in [-0.2, -0.15) is 0 Å². The van der Waals surface area contributed by atoms with E-state index < -0.39 is 0 Å². The molecule has 0 saturated carbocycles. The molecule has 0 aromatic heterocycles. The molecule has 1 fully saturated rings. The van der Waals surface area contributed by atoms with Crippen LogP contribution in [0.3, 0.4) is 0 Å². The molecular weight excluding hydrogens is 354 g/mol. The Labute approximate surface area is 164 Å². The van der Waals surface area contributed by atoms with Gasteiger partial charge in [0.2, 0.25) is 0 Å². The number of fused-ring (bicyclic) bond motifs is 1. The van der Waals surface area contributed by atoms with Gasteiger partial charge in [-0.3, -0.25) is 9.69 Å². The van der Waals surface area contributed by atoms with Gasteiger partial charge < -0.3 is 10.2 Å². The Morgan fingerprint density at radius 2 is 1.67 bits per heavy atom. The molecule has 4 nitrogen and oxygen atoms in total. The monoisotopic (exact) mass is 375 g/mol. The van der Waals surface area contributed by atoms with Crippen LogP contribution < -0.4 is 15.1 Å². The molecule has 2 aliphatic rings.